The molecule has 0 aliphatic heterocycles. The largest absolute Gasteiger partial charge is 0.418 e. The first kappa shape index (κ1) is 15.8. The number of hydrogen-bond acceptors (Lipinski definition) is 2. The van der Waals surface area contributed by atoms with Gasteiger partial charge in [0.1, 0.15) is 0 Å². The van der Waals surface area contributed by atoms with Gasteiger partial charge in [-0.2, -0.15) is 13.2 Å². The molecule has 0 atom stereocenters. The van der Waals surface area contributed by atoms with E-state index in [1.807, 2.05) is 6.92 Å². The van der Waals surface area contributed by atoms with Crippen molar-refractivity contribution in [3.8, 4) is 0 Å². The normalized spacial score (nSPS) is 11.4. The molecule has 0 aliphatic carbocycles. The highest BCUT2D eigenvalue weighted by Crippen LogP contribution is 2.36. The second-order valence-electron chi connectivity index (χ2n) is 3.84. The van der Waals surface area contributed by atoms with Crippen molar-refractivity contribution in [3.63, 3.8) is 0 Å². The lowest BCUT2D eigenvalue weighted by atomic mass is 10.1. The molecule has 1 aromatic carbocycles. The fourth-order valence-corrected chi connectivity index (χ4v) is 1.62. The van der Waals surface area contributed by atoms with Crippen LogP contribution in [0.2, 0.25) is 5.02 Å². The molecule has 2 N–H and O–H groups in total. The highest BCUT2D eigenvalue weighted by atomic mass is 35.5. The van der Waals surface area contributed by atoms with E-state index in [0.29, 0.717) is 13.1 Å². The smallest absolute Gasteiger partial charge is 0.325 e. The average Bonchev–Trinajstić information content (AvgIpc) is 2.30. The Bertz CT molecular complexity index is 449. The van der Waals surface area contributed by atoms with Gasteiger partial charge in [0, 0.05) is 18.0 Å². The van der Waals surface area contributed by atoms with Crippen LogP contribution in [0.25, 0.3) is 0 Å². The summed E-state index contributed by atoms with van der Waals surface area (Å²) in [4.78, 5) is 11.5. The average molecular weight is 295 g/mol. The van der Waals surface area contributed by atoms with E-state index in [9.17, 15) is 18.0 Å². The molecule has 1 amide bonds. The maximum Gasteiger partial charge on any atom is 0.418 e. The number of carbonyl (C=O) groups excluding carboxylic acids is 1. The number of rotatable bonds is 5. The standard InChI is InChI=1S/C12H14ClF3N2O/c1-2-17-6-5-11(19)18-10-4-3-8(13)7-9(10)12(14,15)16/h3-4,7,17H,2,5-6H2,1H3,(H,18,19). The first-order chi connectivity index (χ1) is 8.84. The lowest BCUT2D eigenvalue weighted by molar-refractivity contribution is -0.137. The first-order valence-electron chi connectivity index (χ1n) is 5.72. The van der Waals surface area contributed by atoms with E-state index in [1.54, 1.807) is 0 Å². The van der Waals surface area contributed by atoms with Gasteiger partial charge in [0.2, 0.25) is 5.91 Å². The van der Waals surface area contributed by atoms with Gasteiger partial charge in [-0.3, -0.25) is 4.79 Å². The van der Waals surface area contributed by atoms with E-state index in [0.717, 1.165) is 12.1 Å². The number of nitrogens with one attached hydrogen (secondary N) is 2. The van der Waals surface area contributed by atoms with Crippen LogP contribution in [0.4, 0.5) is 18.9 Å². The quantitative estimate of drug-likeness (QED) is 0.818. The van der Waals surface area contributed by atoms with Crippen molar-refractivity contribution in [3.05, 3.63) is 28.8 Å². The number of benzene rings is 1. The lowest BCUT2D eigenvalue weighted by Crippen LogP contribution is -2.22. The topological polar surface area (TPSA) is 41.1 Å². The van der Waals surface area contributed by atoms with Crippen molar-refractivity contribution in [2.75, 3.05) is 18.4 Å². The molecule has 106 valence electrons. The molecule has 7 heteroatoms. The van der Waals surface area contributed by atoms with Crippen LogP contribution in [0.1, 0.15) is 18.9 Å². The van der Waals surface area contributed by atoms with Gasteiger partial charge < -0.3 is 10.6 Å². The summed E-state index contributed by atoms with van der Waals surface area (Å²) in [5, 5.41) is 5.13. The van der Waals surface area contributed by atoms with Crippen LogP contribution in [0.5, 0.6) is 0 Å². The first-order valence-corrected chi connectivity index (χ1v) is 6.09. The molecule has 0 aliphatic rings. The Labute approximate surface area is 114 Å². The van der Waals surface area contributed by atoms with Gasteiger partial charge in [-0.25, -0.2) is 0 Å². The van der Waals surface area contributed by atoms with Crippen molar-refractivity contribution < 1.29 is 18.0 Å². The van der Waals surface area contributed by atoms with Gasteiger partial charge >= 0.3 is 6.18 Å². The van der Waals surface area contributed by atoms with Crippen LogP contribution in [0.3, 0.4) is 0 Å². The Kier molecular flexibility index (Phi) is 5.62. The summed E-state index contributed by atoms with van der Waals surface area (Å²) in [5.74, 6) is -0.478. The maximum absolute atomic E-state index is 12.8. The van der Waals surface area contributed by atoms with E-state index in [-0.39, 0.29) is 17.1 Å². The Morgan fingerprint density at radius 2 is 2.05 bits per heavy atom. The van der Waals surface area contributed by atoms with Gasteiger partial charge in [0.15, 0.2) is 0 Å². The fraction of sp³-hybridized carbons (Fsp3) is 0.417. The van der Waals surface area contributed by atoms with Crippen LogP contribution in [-0.2, 0) is 11.0 Å². The highest BCUT2D eigenvalue weighted by molar-refractivity contribution is 6.30. The van der Waals surface area contributed by atoms with Crippen LogP contribution in [0, 0.1) is 0 Å². The van der Waals surface area contributed by atoms with Crippen molar-refractivity contribution >= 4 is 23.2 Å². The second-order valence-corrected chi connectivity index (χ2v) is 4.28. The Hall–Kier alpha value is -1.27. The maximum atomic E-state index is 12.8. The number of hydrogen-bond donors (Lipinski definition) is 2. The van der Waals surface area contributed by atoms with E-state index in [4.69, 9.17) is 11.6 Å². The summed E-state index contributed by atoms with van der Waals surface area (Å²) in [6.07, 6.45) is -4.46. The van der Waals surface area contributed by atoms with Crippen molar-refractivity contribution in [2.45, 2.75) is 19.5 Å². The number of halogens is 4. The summed E-state index contributed by atoms with van der Waals surface area (Å²) < 4.78 is 38.3. The number of carbonyl (C=O) groups is 1. The zero-order valence-corrected chi connectivity index (χ0v) is 11.0. The van der Waals surface area contributed by atoms with E-state index < -0.39 is 17.6 Å². The molecule has 0 radical (unpaired) electrons. The molecule has 0 heterocycles. The number of alkyl halides is 3. The third kappa shape index (κ3) is 5.08. The zero-order chi connectivity index (χ0) is 14.5. The molecule has 19 heavy (non-hydrogen) atoms. The van der Waals surface area contributed by atoms with E-state index >= 15 is 0 Å². The van der Waals surface area contributed by atoms with Crippen molar-refractivity contribution in [2.24, 2.45) is 0 Å². The molecular weight excluding hydrogens is 281 g/mol. The van der Waals surface area contributed by atoms with Crippen LogP contribution >= 0.6 is 11.6 Å². The molecule has 0 saturated carbocycles. The summed E-state index contributed by atoms with van der Waals surface area (Å²) >= 11 is 5.54. The Balaban J connectivity index is 2.80. The lowest BCUT2D eigenvalue weighted by Gasteiger charge is -2.14. The molecule has 0 aromatic heterocycles. The number of anilines is 1. The van der Waals surface area contributed by atoms with Crippen LogP contribution < -0.4 is 10.6 Å². The highest BCUT2D eigenvalue weighted by Gasteiger charge is 2.34. The predicted octanol–water partition coefficient (Wildman–Crippen LogP) is 3.30. The minimum atomic E-state index is -4.56. The summed E-state index contributed by atoms with van der Waals surface area (Å²) in [6, 6.07) is 3.24. The molecule has 1 rings (SSSR count). The van der Waals surface area contributed by atoms with E-state index in [2.05, 4.69) is 10.6 Å². The molecule has 3 nitrogen and oxygen atoms in total. The second kappa shape index (κ2) is 6.77. The van der Waals surface area contributed by atoms with Gasteiger partial charge in [0.05, 0.1) is 11.3 Å². The Morgan fingerprint density at radius 1 is 1.37 bits per heavy atom. The minimum absolute atomic E-state index is 0.0297. The monoisotopic (exact) mass is 294 g/mol. The third-order valence-electron chi connectivity index (χ3n) is 2.34. The van der Waals surface area contributed by atoms with Crippen LogP contribution in [0.15, 0.2) is 18.2 Å². The Morgan fingerprint density at radius 3 is 2.63 bits per heavy atom. The molecular formula is C12H14ClF3N2O. The zero-order valence-electron chi connectivity index (χ0n) is 10.3. The molecule has 1 aromatic rings. The number of amides is 1. The van der Waals surface area contributed by atoms with Gasteiger partial charge in [-0.15, -0.1) is 0 Å². The molecule has 0 bridgehead atoms. The van der Waals surface area contributed by atoms with E-state index in [1.165, 1.54) is 6.07 Å². The molecule has 0 fully saturated rings. The van der Waals surface area contributed by atoms with Crippen LogP contribution in [-0.4, -0.2) is 19.0 Å². The van der Waals surface area contributed by atoms with Gasteiger partial charge in [-0.05, 0) is 24.7 Å². The van der Waals surface area contributed by atoms with Crippen molar-refractivity contribution in [1.82, 2.24) is 5.32 Å². The summed E-state index contributed by atoms with van der Waals surface area (Å²) in [6.45, 7) is 2.98. The van der Waals surface area contributed by atoms with Gasteiger partial charge in [-0.1, -0.05) is 18.5 Å². The molecule has 0 spiro atoms. The van der Waals surface area contributed by atoms with Crippen molar-refractivity contribution in [1.29, 1.82) is 0 Å². The summed E-state index contributed by atoms with van der Waals surface area (Å²) in [5.41, 5.74) is -1.23. The fourth-order valence-electron chi connectivity index (χ4n) is 1.45. The SMILES string of the molecule is CCNCCC(=O)Nc1ccc(Cl)cc1C(F)(F)F. The minimum Gasteiger partial charge on any atom is -0.325 e. The van der Waals surface area contributed by atoms with Gasteiger partial charge in [0.25, 0.3) is 0 Å². The predicted molar refractivity (Wildman–Crippen MR) is 68.2 cm³/mol. The molecule has 0 saturated heterocycles. The third-order valence-corrected chi connectivity index (χ3v) is 2.58. The summed E-state index contributed by atoms with van der Waals surface area (Å²) in [7, 11) is 0. The molecule has 0 unspecified atom stereocenters.